The number of guanidine groups is 1. The second-order valence-electron chi connectivity index (χ2n) is 5.40. The van der Waals surface area contributed by atoms with Gasteiger partial charge < -0.3 is 15.4 Å². The number of nitrogens with zero attached hydrogens (tertiary/aromatic N) is 2. The van der Waals surface area contributed by atoms with Crippen molar-refractivity contribution >= 4 is 29.9 Å². The number of nitrogens with one attached hydrogen (secondary N) is 2. The predicted octanol–water partition coefficient (Wildman–Crippen LogP) is 3.53. The third-order valence-corrected chi connectivity index (χ3v) is 3.47. The summed E-state index contributed by atoms with van der Waals surface area (Å²) >= 11 is 0. The Bertz CT molecular complexity index is 634. The lowest BCUT2D eigenvalue weighted by Crippen LogP contribution is -2.38. The van der Waals surface area contributed by atoms with E-state index in [2.05, 4.69) is 40.5 Å². The number of rotatable bonds is 8. The summed E-state index contributed by atoms with van der Waals surface area (Å²) in [5, 5.41) is 6.58. The normalized spacial score (nSPS) is 10.7. The first-order valence-corrected chi connectivity index (χ1v) is 8.40. The monoisotopic (exact) mass is 454 g/mol. The molecule has 1 heterocycles. The Kier molecular flexibility index (Phi) is 10.6. The summed E-state index contributed by atoms with van der Waals surface area (Å²) in [6.07, 6.45) is 2.71. The van der Waals surface area contributed by atoms with E-state index in [1.165, 1.54) is 0 Å². The number of aryl methyl sites for hydroxylation is 1. The molecule has 0 aliphatic carbocycles. The quantitative estimate of drug-likeness (QED) is 0.277. The average molecular weight is 454 g/mol. The van der Waals surface area contributed by atoms with Crippen LogP contribution in [0.2, 0.25) is 0 Å². The van der Waals surface area contributed by atoms with Crippen LogP contribution in [0.1, 0.15) is 24.6 Å². The maximum atomic E-state index is 5.68. The Hall–Kier alpha value is -1.83. The molecule has 0 spiro atoms. The fraction of sp³-hybridized carbons (Fsp3) is 0.368. The zero-order chi connectivity index (χ0) is 17.0. The second-order valence-corrected chi connectivity index (χ2v) is 5.40. The Labute approximate surface area is 167 Å². The summed E-state index contributed by atoms with van der Waals surface area (Å²) < 4.78 is 5.68. The number of para-hydroxylation sites is 1. The highest BCUT2D eigenvalue weighted by molar-refractivity contribution is 14.0. The van der Waals surface area contributed by atoms with Gasteiger partial charge in [0.1, 0.15) is 5.75 Å². The number of pyridine rings is 1. The second kappa shape index (κ2) is 12.5. The van der Waals surface area contributed by atoms with Crippen LogP contribution in [0.5, 0.6) is 5.75 Å². The van der Waals surface area contributed by atoms with Crippen LogP contribution in [0, 0.1) is 6.92 Å². The average Bonchev–Trinajstić information content (AvgIpc) is 2.61. The molecule has 0 unspecified atom stereocenters. The van der Waals surface area contributed by atoms with Crippen molar-refractivity contribution in [3.05, 3.63) is 59.9 Å². The molecular weight excluding hydrogens is 427 g/mol. The van der Waals surface area contributed by atoms with Gasteiger partial charge >= 0.3 is 0 Å². The number of hydrogen-bond donors (Lipinski definition) is 2. The van der Waals surface area contributed by atoms with Crippen LogP contribution in [0.3, 0.4) is 0 Å². The van der Waals surface area contributed by atoms with Gasteiger partial charge in [-0.25, -0.2) is 4.99 Å². The van der Waals surface area contributed by atoms with Gasteiger partial charge in [0.25, 0.3) is 0 Å². The van der Waals surface area contributed by atoms with Gasteiger partial charge in [-0.15, -0.1) is 24.0 Å². The Morgan fingerprint density at radius 3 is 2.64 bits per heavy atom. The van der Waals surface area contributed by atoms with Gasteiger partial charge in [-0.1, -0.05) is 24.3 Å². The molecule has 1 aromatic carbocycles. The van der Waals surface area contributed by atoms with E-state index in [-0.39, 0.29) is 24.0 Å². The summed E-state index contributed by atoms with van der Waals surface area (Å²) in [5.41, 5.74) is 2.16. The summed E-state index contributed by atoms with van der Waals surface area (Å²) in [5.74, 6) is 1.71. The fourth-order valence-electron chi connectivity index (χ4n) is 2.17. The number of aromatic nitrogens is 1. The fourth-order valence-corrected chi connectivity index (χ4v) is 2.17. The molecule has 2 N–H and O–H groups in total. The highest BCUT2D eigenvalue weighted by Crippen LogP contribution is 2.08. The number of ether oxygens (including phenoxy) is 1. The van der Waals surface area contributed by atoms with E-state index in [0.717, 1.165) is 42.5 Å². The summed E-state index contributed by atoms with van der Waals surface area (Å²) in [6, 6.07) is 13.9. The highest BCUT2D eigenvalue weighted by atomic mass is 127. The molecule has 0 aliphatic heterocycles. The van der Waals surface area contributed by atoms with E-state index < -0.39 is 0 Å². The molecule has 1 aromatic heterocycles. The summed E-state index contributed by atoms with van der Waals surface area (Å²) in [7, 11) is 0. The molecule has 0 saturated heterocycles. The highest BCUT2D eigenvalue weighted by Gasteiger charge is 2.00. The van der Waals surface area contributed by atoms with Gasteiger partial charge in [0, 0.05) is 19.3 Å². The third kappa shape index (κ3) is 8.20. The van der Waals surface area contributed by atoms with Crippen LogP contribution < -0.4 is 15.4 Å². The van der Waals surface area contributed by atoms with Crippen molar-refractivity contribution in [1.29, 1.82) is 0 Å². The molecular formula is C19H27IN4O. The van der Waals surface area contributed by atoms with Crippen LogP contribution in [-0.2, 0) is 6.54 Å². The van der Waals surface area contributed by atoms with E-state index in [1.54, 1.807) is 6.20 Å². The Morgan fingerprint density at radius 1 is 1.12 bits per heavy atom. The summed E-state index contributed by atoms with van der Waals surface area (Å²) in [4.78, 5) is 8.96. The maximum absolute atomic E-state index is 5.68. The van der Waals surface area contributed by atoms with Gasteiger partial charge in [0.2, 0.25) is 0 Å². The number of aliphatic imine (C=N–C) groups is 1. The topological polar surface area (TPSA) is 58.5 Å². The lowest BCUT2D eigenvalue weighted by atomic mass is 10.2. The molecule has 2 rings (SSSR count). The molecule has 0 aliphatic rings. The molecule has 136 valence electrons. The van der Waals surface area contributed by atoms with Crippen molar-refractivity contribution in [2.75, 3.05) is 19.7 Å². The molecule has 2 aromatic rings. The SMILES string of the molecule is CCNC(=NCc1ncccc1C)NCCCOc1ccccc1.I. The summed E-state index contributed by atoms with van der Waals surface area (Å²) in [6.45, 7) is 6.99. The lowest BCUT2D eigenvalue weighted by molar-refractivity contribution is 0.311. The number of hydrogen-bond acceptors (Lipinski definition) is 3. The van der Waals surface area contributed by atoms with Crippen LogP contribution in [0.15, 0.2) is 53.7 Å². The smallest absolute Gasteiger partial charge is 0.191 e. The molecule has 0 bridgehead atoms. The van der Waals surface area contributed by atoms with Crippen molar-refractivity contribution in [3.8, 4) is 5.75 Å². The Balaban J connectivity index is 0.00000312. The molecule has 5 nitrogen and oxygen atoms in total. The first-order chi connectivity index (χ1) is 11.8. The van der Waals surface area contributed by atoms with E-state index >= 15 is 0 Å². The van der Waals surface area contributed by atoms with Gasteiger partial charge in [-0.05, 0) is 44.0 Å². The van der Waals surface area contributed by atoms with Gasteiger partial charge in [0.05, 0.1) is 18.8 Å². The van der Waals surface area contributed by atoms with Crippen molar-refractivity contribution < 1.29 is 4.74 Å². The van der Waals surface area contributed by atoms with Crippen LogP contribution in [0.25, 0.3) is 0 Å². The third-order valence-electron chi connectivity index (χ3n) is 3.47. The molecule has 6 heteroatoms. The van der Waals surface area contributed by atoms with Crippen molar-refractivity contribution in [3.63, 3.8) is 0 Å². The molecule has 25 heavy (non-hydrogen) atoms. The van der Waals surface area contributed by atoms with Crippen LogP contribution >= 0.6 is 24.0 Å². The van der Waals surface area contributed by atoms with Crippen molar-refractivity contribution in [2.45, 2.75) is 26.8 Å². The first kappa shape index (κ1) is 21.2. The first-order valence-electron chi connectivity index (χ1n) is 8.40. The standard InChI is InChI=1S/C19H26N4O.HI/c1-3-20-19(23-15-18-16(2)9-7-12-21-18)22-13-8-14-24-17-10-5-4-6-11-17;/h4-7,9-12H,3,8,13-15H2,1-2H3,(H2,20,22,23);1H. The Morgan fingerprint density at radius 2 is 1.92 bits per heavy atom. The minimum Gasteiger partial charge on any atom is -0.494 e. The van der Waals surface area contributed by atoms with Gasteiger partial charge in [-0.3, -0.25) is 4.98 Å². The minimum atomic E-state index is 0. The molecule has 0 fully saturated rings. The zero-order valence-electron chi connectivity index (χ0n) is 14.9. The number of halogens is 1. The lowest BCUT2D eigenvalue weighted by Gasteiger charge is -2.12. The largest absolute Gasteiger partial charge is 0.494 e. The van der Waals surface area contributed by atoms with E-state index in [1.807, 2.05) is 36.4 Å². The zero-order valence-corrected chi connectivity index (χ0v) is 17.2. The maximum Gasteiger partial charge on any atom is 0.191 e. The van der Waals surface area contributed by atoms with E-state index in [9.17, 15) is 0 Å². The molecule has 0 saturated carbocycles. The van der Waals surface area contributed by atoms with E-state index in [0.29, 0.717) is 13.2 Å². The van der Waals surface area contributed by atoms with Crippen molar-refractivity contribution in [2.24, 2.45) is 4.99 Å². The van der Waals surface area contributed by atoms with Crippen molar-refractivity contribution in [1.82, 2.24) is 15.6 Å². The predicted molar refractivity (Wildman–Crippen MR) is 114 cm³/mol. The van der Waals surface area contributed by atoms with Gasteiger partial charge in [-0.2, -0.15) is 0 Å². The number of benzene rings is 1. The van der Waals surface area contributed by atoms with Crippen LogP contribution in [0.4, 0.5) is 0 Å². The minimum absolute atomic E-state index is 0. The molecule has 0 amide bonds. The molecule has 0 radical (unpaired) electrons. The van der Waals surface area contributed by atoms with E-state index in [4.69, 9.17) is 4.74 Å². The molecule has 0 atom stereocenters. The van der Waals surface area contributed by atoms with Gasteiger partial charge in [0.15, 0.2) is 5.96 Å². The van der Waals surface area contributed by atoms with Crippen LogP contribution in [-0.4, -0.2) is 30.6 Å².